The van der Waals surface area contributed by atoms with E-state index in [1.165, 1.54) is 28.6 Å². The SMILES string of the molecule is Cc1ccnc(NC(=O)C2CCN(S(=O)(=O)c3ccccc3S(C)(=O)=O)CC2)c1. The summed E-state index contributed by atoms with van der Waals surface area (Å²) in [6.07, 6.45) is 3.28. The third kappa shape index (κ3) is 4.82. The van der Waals surface area contributed by atoms with Crippen molar-refractivity contribution < 1.29 is 21.6 Å². The number of nitrogens with one attached hydrogen (secondary N) is 1. The van der Waals surface area contributed by atoms with Gasteiger partial charge in [-0.1, -0.05) is 12.1 Å². The van der Waals surface area contributed by atoms with E-state index in [1.54, 1.807) is 12.3 Å². The van der Waals surface area contributed by atoms with Crippen LogP contribution in [-0.4, -0.2) is 51.4 Å². The van der Waals surface area contributed by atoms with Gasteiger partial charge in [0.25, 0.3) is 0 Å². The van der Waals surface area contributed by atoms with Crippen LogP contribution in [0.3, 0.4) is 0 Å². The Morgan fingerprint density at radius 3 is 2.28 bits per heavy atom. The quantitative estimate of drug-likeness (QED) is 0.763. The van der Waals surface area contributed by atoms with E-state index < -0.39 is 19.9 Å². The van der Waals surface area contributed by atoms with Crippen molar-refractivity contribution in [3.63, 3.8) is 0 Å². The molecule has 1 aliphatic rings. The van der Waals surface area contributed by atoms with Crippen LogP contribution in [0.15, 0.2) is 52.4 Å². The van der Waals surface area contributed by atoms with Crippen LogP contribution in [0, 0.1) is 12.8 Å². The number of sulfonamides is 1. The van der Waals surface area contributed by atoms with Crippen molar-refractivity contribution in [1.82, 2.24) is 9.29 Å². The van der Waals surface area contributed by atoms with Crippen LogP contribution >= 0.6 is 0 Å². The molecule has 2 aromatic rings. The first-order chi connectivity index (χ1) is 13.6. The molecule has 1 amide bonds. The molecule has 2 heterocycles. The van der Waals surface area contributed by atoms with Crippen LogP contribution in [-0.2, 0) is 24.7 Å². The summed E-state index contributed by atoms with van der Waals surface area (Å²) in [4.78, 5) is 16.2. The number of aryl methyl sites for hydroxylation is 1. The van der Waals surface area contributed by atoms with E-state index >= 15 is 0 Å². The molecule has 0 radical (unpaired) electrons. The maximum absolute atomic E-state index is 13.0. The van der Waals surface area contributed by atoms with Gasteiger partial charge in [0, 0.05) is 31.5 Å². The summed E-state index contributed by atoms with van der Waals surface area (Å²) in [5, 5.41) is 2.77. The van der Waals surface area contributed by atoms with Gasteiger partial charge < -0.3 is 5.32 Å². The number of benzene rings is 1. The van der Waals surface area contributed by atoms with Crippen LogP contribution in [0.5, 0.6) is 0 Å². The van der Waals surface area contributed by atoms with Crippen molar-refractivity contribution in [2.45, 2.75) is 29.6 Å². The monoisotopic (exact) mass is 437 g/mol. The van der Waals surface area contributed by atoms with E-state index in [-0.39, 0.29) is 34.7 Å². The highest BCUT2D eigenvalue weighted by Gasteiger charge is 2.34. The summed E-state index contributed by atoms with van der Waals surface area (Å²) >= 11 is 0. The minimum absolute atomic E-state index is 0.139. The highest BCUT2D eigenvalue weighted by atomic mass is 32.2. The highest BCUT2D eigenvalue weighted by Crippen LogP contribution is 2.28. The first-order valence-electron chi connectivity index (χ1n) is 9.12. The second-order valence-electron chi connectivity index (χ2n) is 7.10. The summed E-state index contributed by atoms with van der Waals surface area (Å²) in [6, 6.07) is 9.17. The Kier molecular flexibility index (Phi) is 6.06. The molecule has 29 heavy (non-hydrogen) atoms. The Labute approximate surface area is 170 Å². The number of anilines is 1. The Balaban J connectivity index is 1.71. The number of piperidine rings is 1. The molecule has 1 aromatic heterocycles. The molecule has 10 heteroatoms. The van der Waals surface area contributed by atoms with Gasteiger partial charge in [0.15, 0.2) is 9.84 Å². The smallest absolute Gasteiger partial charge is 0.244 e. The lowest BCUT2D eigenvalue weighted by molar-refractivity contribution is -0.120. The molecule has 0 atom stereocenters. The van der Waals surface area contributed by atoms with Gasteiger partial charge in [-0.15, -0.1) is 0 Å². The Morgan fingerprint density at radius 1 is 1.07 bits per heavy atom. The molecule has 156 valence electrons. The molecule has 8 nitrogen and oxygen atoms in total. The molecule has 0 saturated carbocycles. The van der Waals surface area contributed by atoms with E-state index in [0.29, 0.717) is 18.7 Å². The molecular formula is C19H23N3O5S2. The second kappa shape index (κ2) is 8.21. The lowest BCUT2D eigenvalue weighted by Crippen LogP contribution is -2.41. The van der Waals surface area contributed by atoms with Gasteiger partial charge in [0.2, 0.25) is 15.9 Å². The summed E-state index contributed by atoms with van der Waals surface area (Å²) in [7, 11) is -7.67. The Morgan fingerprint density at radius 2 is 1.69 bits per heavy atom. The van der Waals surface area contributed by atoms with Gasteiger partial charge in [-0.25, -0.2) is 21.8 Å². The number of nitrogens with zero attached hydrogens (tertiary/aromatic N) is 2. The number of amides is 1. The van der Waals surface area contributed by atoms with Gasteiger partial charge in [0.05, 0.1) is 4.90 Å². The Bertz CT molecular complexity index is 1120. The average molecular weight is 438 g/mol. The van der Waals surface area contributed by atoms with Crippen LogP contribution in [0.1, 0.15) is 18.4 Å². The maximum atomic E-state index is 13.0. The zero-order chi connectivity index (χ0) is 21.2. The maximum Gasteiger partial charge on any atom is 0.244 e. The minimum Gasteiger partial charge on any atom is -0.310 e. The van der Waals surface area contributed by atoms with Gasteiger partial charge in [-0.2, -0.15) is 4.31 Å². The molecular weight excluding hydrogens is 414 g/mol. The minimum atomic E-state index is -3.98. The first-order valence-corrected chi connectivity index (χ1v) is 12.4. The number of carbonyl (C=O) groups is 1. The number of hydrogen-bond acceptors (Lipinski definition) is 6. The normalized spacial score (nSPS) is 16.5. The van der Waals surface area contributed by atoms with E-state index in [1.807, 2.05) is 13.0 Å². The van der Waals surface area contributed by atoms with Crippen molar-refractivity contribution in [2.24, 2.45) is 5.92 Å². The largest absolute Gasteiger partial charge is 0.310 e. The first kappa shape index (κ1) is 21.4. The van der Waals surface area contributed by atoms with Crippen LogP contribution in [0.4, 0.5) is 5.82 Å². The van der Waals surface area contributed by atoms with Crippen molar-refractivity contribution in [1.29, 1.82) is 0 Å². The topological polar surface area (TPSA) is 114 Å². The fourth-order valence-electron chi connectivity index (χ4n) is 3.30. The lowest BCUT2D eigenvalue weighted by Gasteiger charge is -2.30. The molecule has 1 aromatic carbocycles. The lowest BCUT2D eigenvalue weighted by atomic mass is 9.97. The second-order valence-corrected chi connectivity index (χ2v) is 11.0. The summed E-state index contributed by atoms with van der Waals surface area (Å²) in [5.41, 5.74) is 0.973. The highest BCUT2D eigenvalue weighted by molar-refractivity contribution is 7.93. The van der Waals surface area contributed by atoms with E-state index in [0.717, 1.165) is 11.8 Å². The molecule has 0 bridgehead atoms. The van der Waals surface area contributed by atoms with Crippen molar-refractivity contribution >= 4 is 31.6 Å². The van der Waals surface area contributed by atoms with E-state index in [9.17, 15) is 21.6 Å². The fraction of sp³-hybridized carbons (Fsp3) is 0.368. The Hall–Kier alpha value is -2.30. The van der Waals surface area contributed by atoms with Gasteiger partial charge in [-0.05, 0) is 49.6 Å². The van der Waals surface area contributed by atoms with Crippen molar-refractivity contribution in [2.75, 3.05) is 24.7 Å². The number of sulfone groups is 1. The van der Waals surface area contributed by atoms with Gasteiger partial charge in [0.1, 0.15) is 10.7 Å². The zero-order valence-corrected chi connectivity index (χ0v) is 17.8. The molecule has 0 aliphatic carbocycles. The van der Waals surface area contributed by atoms with Crippen LogP contribution in [0.25, 0.3) is 0 Å². The molecule has 0 spiro atoms. The van der Waals surface area contributed by atoms with E-state index in [4.69, 9.17) is 0 Å². The fourth-order valence-corrected chi connectivity index (χ4v) is 6.37. The van der Waals surface area contributed by atoms with Crippen LogP contribution < -0.4 is 5.32 Å². The molecule has 1 fully saturated rings. The van der Waals surface area contributed by atoms with Crippen LogP contribution in [0.2, 0.25) is 0 Å². The third-order valence-corrected chi connectivity index (χ3v) is 8.10. The number of aromatic nitrogens is 1. The van der Waals surface area contributed by atoms with Gasteiger partial charge in [-0.3, -0.25) is 4.79 Å². The van der Waals surface area contributed by atoms with Gasteiger partial charge >= 0.3 is 0 Å². The number of rotatable bonds is 5. The number of pyridine rings is 1. The summed E-state index contributed by atoms with van der Waals surface area (Å²) in [5.74, 6) is -0.0715. The molecule has 1 aliphatic heterocycles. The number of hydrogen-bond donors (Lipinski definition) is 1. The number of carbonyl (C=O) groups excluding carboxylic acids is 1. The summed E-state index contributed by atoms with van der Waals surface area (Å²) in [6.45, 7) is 2.18. The van der Waals surface area contributed by atoms with E-state index in [2.05, 4.69) is 10.3 Å². The standard InChI is InChI=1S/C19H23N3O5S2/c1-14-7-10-20-18(13-14)21-19(23)15-8-11-22(12-9-15)29(26,27)17-6-4-3-5-16(17)28(2,24)25/h3-7,10,13,15H,8-9,11-12H2,1-2H3,(H,20,21,23). The molecule has 1 N–H and O–H groups in total. The summed E-state index contributed by atoms with van der Waals surface area (Å²) < 4.78 is 51.2. The molecule has 1 saturated heterocycles. The predicted octanol–water partition coefficient (Wildman–Crippen LogP) is 1.83. The third-order valence-electron chi connectivity index (χ3n) is 4.86. The average Bonchev–Trinajstić information content (AvgIpc) is 2.67. The van der Waals surface area contributed by atoms with Crippen molar-refractivity contribution in [3.8, 4) is 0 Å². The zero-order valence-electron chi connectivity index (χ0n) is 16.2. The molecule has 3 rings (SSSR count). The van der Waals surface area contributed by atoms with Crippen molar-refractivity contribution in [3.05, 3.63) is 48.2 Å². The molecule has 0 unspecified atom stereocenters. The predicted molar refractivity (Wildman–Crippen MR) is 109 cm³/mol.